The van der Waals surface area contributed by atoms with Gasteiger partial charge in [0.2, 0.25) is 0 Å². The molecule has 18 heavy (non-hydrogen) atoms. The molecule has 0 saturated carbocycles. The lowest BCUT2D eigenvalue weighted by atomic mass is 9.90. The van der Waals surface area contributed by atoms with Crippen LogP contribution in [0.3, 0.4) is 0 Å². The molecule has 1 rings (SSSR count). The van der Waals surface area contributed by atoms with Crippen molar-refractivity contribution in [1.29, 1.82) is 0 Å². The third kappa shape index (κ3) is 13.2. The lowest BCUT2D eigenvalue weighted by Crippen LogP contribution is -2.44. The Hall–Kier alpha value is -0.855. The van der Waals surface area contributed by atoms with E-state index in [0.29, 0.717) is 0 Å². The predicted molar refractivity (Wildman–Crippen MR) is 68.5 cm³/mol. The molecule has 0 aliphatic carbocycles. The van der Waals surface area contributed by atoms with Gasteiger partial charge >= 0.3 is 7.32 Å². The first-order valence-corrected chi connectivity index (χ1v) is 5.37. The van der Waals surface area contributed by atoms with E-state index in [1.165, 1.54) is 0 Å². The van der Waals surface area contributed by atoms with Crippen LogP contribution in [0.15, 0.2) is 22.8 Å². The van der Waals surface area contributed by atoms with Crippen LogP contribution in [0.1, 0.15) is 33.5 Å². The van der Waals surface area contributed by atoms with Gasteiger partial charge in [-0.1, -0.05) is 0 Å². The molecule has 0 aliphatic rings. The Morgan fingerprint density at radius 3 is 1.39 bits per heavy atom. The van der Waals surface area contributed by atoms with E-state index in [1.54, 1.807) is 34.0 Å². The molecule has 5 N–H and O–H groups in total. The van der Waals surface area contributed by atoms with E-state index in [9.17, 15) is 0 Å². The molecule has 7 heteroatoms. The highest BCUT2D eigenvalue weighted by molar-refractivity contribution is 6.30. The van der Waals surface area contributed by atoms with Crippen molar-refractivity contribution in [3.05, 3.63) is 24.2 Å². The molecule has 1 aromatic rings. The summed E-state index contributed by atoms with van der Waals surface area (Å²) < 4.78 is 4.83. The van der Waals surface area contributed by atoms with Gasteiger partial charge in [-0.05, 0) is 46.8 Å². The Balaban J connectivity index is 0. The van der Waals surface area contributed by atoms with Crippen LogP contribution in [-0.2, 0) is 0 Å². The molecule has 106 valence electrons. The SMILES string of the molecule is CC(C)(O)C(C)(C)O.Cc1ccco1.OB(O)O. The molecule has 0 saturated heterocycles. The molecular formula is C11H23BO6. The van der Waals surface area contributed by atoms with Crippen LogP contribution in [0.2, 0.25) is 0 Å². The normalized spacial score (nSPS) is 10.8. The Morgan fingerprint density at radius 1 is 1.00 bits per heavy atom. The maximum atomic E-state index is 9.10. The van der Waals surface area contributed by atoms with Crippen LogP contribution in [-0.4, -0.2) is 43.8 Å². The number of aryl methyl sites for hydroxylation is 1. The third-order valence-corrected chi connectivity index (χ3v) is 2.16. The van der Waals surface area contributed by atoms with E-state index in [4.69, 9.17) is 29.7 Å². The monoisotopic (exact) mass is 262 g/mol. The Morgan fingerprint density at radius 2 is 1.33 bits per heavy atom. The van der Waals surface area contributed by atoms with Gasteiger partial charge in [0, 0.05) is 0 Å². The third-order valence-electron chi connectivity index (χ3n) is 2.16. The number of hydrogen-bond acceptors (Lipinski definition) is 6. The van der Waals surface area contributed by atoms with Crippen molar-refractivity contribution in [2.24, 2.45) is 0 Å². The highest BCUT2D eigenvalue weighted by atomic mass is 16.5. The fourth-order valence-electron chi connectivity index (χ4n) is 0.361. The van der Waals surface area contributed by atoms with Crippen molar-refractivity contribution in [1.82, 2.24) is 0 Å². The lowest BCUT2D eigenvalue weighted by molar-refractivity contribution is -0.107. The van der Waals surface area contributed by atoms with E-state index in [1.807, 2.05) is 19.1 Å². The first-order chi connectivity index (χ1) is 7.88. The average Bonchev–Trinajstić information content (AvgIpc) is 2.51. The zero-order chi connectivity index (χ0) is 15.0. The lowest BCUT2D eigenvalue weighted by Gasteiger charge is -2.31. The summed E-state index contributed by atoms with van der Waals surface area (Å²) in [6.45, 7) is 8.22. The minimum absolute atomic E-state index is 0.968. The van der Waals surface area contributed by atoms with Crippen molar-refractivity contribution in [3.63, 3.8) is 0 Å². The maximum absolute atomic E-state index is 9.10. The van der Waals surface area contributed by atoms with Crippen molar-refractivity contribution in [3.8, 4) is 0 Å². The summed E-state index contributed by atoms with van der Waals surface area (Å²) in [6.07, 6.45) is 1.66. The molecule has 0 spiro atoms. The summed E-state index contributed by atoms with van der Waals surface area (Å²) in [5.74, 6) is 0.968. The predicted octanol–water partition coefficient (Wildman–Crippen LogP) is 0.0644. The van der Waals surface area contributed by atoms with Gasteiger partial charge in [-0.2, -0.15) is 0 Å². The van der Waals surface area contributed by atoms with Crippen LogP contribution >= 0.6 is 0 Å². The molecule has 6 nitrogen and oxygen atoms in total. The van der Waals surface area contributed by atoms with Crippen molar-refractivity contribution in [2.45, 2.75) is 45.8 Å². The number of furan rings is 1. The van der Waals surface area contributed by atoms with Gasteiger partial charge in [0.25, 0.3) is 0 Å². The minimum atomic E-state index is -2.17. The number of aliphatic hydroxyl groups is 2. The molecule has 0 atom stereocenters. The topological polar surface area (TPSA) is 114 Å². The Labute approximate surface area is 108 Å². The van der Waals surface area contributed by atoms with Crippen LogP contribution in [0.4, 0.5) is 0 Å². The zero-order valence-electron chi connectivity index (χ0n) is 11.5. The summed E-state index contributed by atoms with van der Waals surface area (Å²) in [4.78, 5) is 0. The van der Waals surface area contributed by atoms with Gasteiger partial charge in [0.05, 0.1) is 17.5 Å². The molecule has 0 radical (unpaired) electrons. The second-order valence-electron chi connectivity index (χ2n) is 4.69. The van der Waals surface area contributed by atoms with Gasteiger partial charge in [0.15, 0.2) is 0 Å². The first kappa shape index (κ1) is 19.5. The summed E-state index contributed by atoms with van der Waals surface area (Å²) in [5.41, 5.74) is -2.01. The van der Waals surface area contributed by atoms with Gasteiger partial charge in [-0.3, -0.25) is 0 Å². The molecule has 0 amide bonds. The van der Waals surface area contributed by atoms with Crippen molar-refractivity contribution >= 4 is 7.32 Å². The first-order valence-electron chi connectivity index (χ1n) is 5.37. The molecule has 0 unspecified atom stereocenters. The minimum Gasteiger partial charge on any atom is -0.470 e. The highest BCUT2D eigenvalue weighted by Crippen LogP contribution is 2.19. The quantitative estimate of drug-likeness (QED) is 0.457. The standard InChI is InChI=1S/C6H14O2.C5H6O.BH3O3/c1-5(2,7)6(3,4)8;1-5-3-2-4-6-5;2-1(3)4/h7-8H,1-4H3;2-4H,1H3;2-4H. The fourth-order valence-corrected chi connectivity index (χ4v) is 0.361. The van der Waals surface area contributed by atoms with Gasteiger partial charge in [0.1, 0.15) is 5.76 Å². The zero-order valence-corrected chi connectivity index (χ0v) is 11.5. The maximum Gasteiger partial charge on any atom is 0.631 e. The molecule has 0 fully saturated rings. The largest absolute Gasteiger partial charge is 0.631 e. The highest BCUT2D eigenvalue weighted by Gasteiger charge is 2.31. The summed E-state index contributed by atoms with van der Waals surface area (Å²) >= 11 is 0. The van der Waals surface area contributed by atoms with Crippen LogP contribution in [0, 0.1) is 6.92 Å². The number of hydrogen-bond donors (Lipinski definition) is 5. The van der Waals surface area contributed by atoms with E-state index in [-0.39, 0.29) is 0 Å². The van der Waals surface area contributed by atoms with Crippen molar-refractivity contribution < 1.29 is 29.7 Å². The molecule has 0 bridgehead atoms. The summed E-state index contributed by atoms with van der Waals surface area (Å²) in [5, 5.41) is 39.7. The van der Waals surface area contributed by atoms with Crippen LogP contribution in [0.25, 0.3) is 0 Å². The van der Waals surface area contributed by atoms with Crippen LogP contribution in [0.5, 0.6) is 0 Å². The smallest absolute Gasteiger partial charge is 0.470 e. The van der Waals surface area contributed by atoms with Crippen LogP contribution < -0.4 is 0 Å². The van der Waals surface area contributed by atoms with Gasteiger partial charge in [-0.25, -0.2) is 0 Å². The molecule has 0 aromatic carbocycles. The van der Waals surface area contributed by atoms with Crippen molar-refractivity contribution in [2.75, 3.05) is 0 Å². The molecule has 1 aromatic heterocycles. The second kappa shape index (κ2) is 8.28. The molecule has 1 heterocycles. The number of rotatable bonds is 1. The van der Waals surface area contributed by atoms with Gasteiger partial charge < -0.3 is 29.7 Å². The summed E-state index contributed by atoms with van der Waals surface area (Å²) in [7, 11) is -2.17. The average molecular weight is 262 g/mol. The fraction of sp³-hybridized carbons (Fsp3) is 0.636. The second-order valence-corrected chi connectivity index (χ2v) is 4.69. The molecular weight excluding hydrogens is 239 g/mol. The molecule has 0 aliphatic heterocycles. The van der Waals surface area contributed by atoms with Gasteiger partial charge in [-0.15, -0.1) is 0 Å². The van der Waals surface area contributed by atoms with E-state index < -0.39 is 18.5 Å². The summed E-state index contributed by atoms with van der Waals surface area (Å²) in [6, 6.07) is 3.79. The van der Waals surface area contributed by atoms with E-state index in [2.05, 4.69) is 0 Å². The Kier molecular flexibility index (Phi) is 8.97. The Bertz CT molecular complexity index is 269. The van der Waals surface area contributed by atoms with E-state index >= 15 is 0 Å². The van der Waals surface area contributed by atoms with E-state index in [0.717, 1.165) is 5.76 Å².